The summed E-state index contributed by atoms with van der Waals surface area (Å²) in [5.41, 5.74) is 2.62. The van der Waals surface area contributed by atoms with Crippen molar-refractivity contribution in [1.29, 1.82) is 0 Å². The number of nitrogens with zero attached hydrogens (tertiary/aromatic N) is 2. The van der Waals surface area contributed by atoms with Crippen LogP contribution in [0.5, 0.6) is 0 Å². The first-order valence-corrected chi connectivity index (χ1v) is 5.93. The highest BCUT2D eigenvalue weighted by atomic mass is 19.1. The van der Waals surface area contributed by atoms with Crippen molar-refractivity contribution < 1.29 is 4.39 Å². The van der Waals surface area contributed by atoms with Crippen LogP contribution < -0.4 is 0 Å². The van der Waals surface area contributed by atoms with Gasteiger partial charge in [0.25, 0.3) is 0 Å². The fraction of sp³-hybridized carbons (Fsp3) is 0.133. The van der Waals surface area contributed by atoms with Crippen LogP contribution in [-0.2, 0) is 6.42 Å². The average molecular weight is 239 g/mol. The molecule has 0 bridgehead atoms. The van der Waals surface area contributed by atoms with Gasteiger partial charge in [0, 0.05) is 18.2 Å². The Hall–Kier alpha value is -2.16. The summed E-state index contributed by atoms with van der Waals surface area (Å²) < 4.78 is 15.3. The summed E-state index contributed by atoms with van der Waals surface area (Å²) in [5.74, 6) is 0.671. The first kappa shape index (κ1) is 11.0. The average Bonchev–Trinajstić information content (AvgIpc) is 2.77. The lowest BCUT2D eigenvalue weighted by Crippen LogP contribution is -1.99. The Morgan fingerprint density at radius 2 is 2.22 bits per heavy atom. The molecule has 0 fully saturated rings. The van der Waals surface area contributed by atoms with E-state index in [0.29, 0.717) is 5.52 Å². The van der Waals surface area contributed by atoms with Crippen LogP contribution in [0.2, 0.25) is 0 Å². The van der Waals surface area contributed by atoms with E-state index in [1.165, 1.54) is 12.1 Å². The quantitative estimate of drug-likeness (QED) is 0.669. The van der Waals surface area contributed by atoms with Crippen LogP contribution in [0.3, 0.4) is 0 Å². The van der Waals surface area contributed by atoms with Crippen LogP contribution in [0.25, 0.3) is 16.7 Å². The molecule has 0 amide bonds. The van der Waals surface area contributed by atoms with Crippen molar-refractivity contribution >= 4 is 11.0 Å². The highest BCUT2D eigenvalue weighted by Gasteiger charge is 2.11. The third-order valence-corrected chi connectivity index (χ3v) is 2.95. The maximum atomic E-state index is 13.2. The summed E-state index contributed by atoms with van der Waals surface area (Å²) >= 11 is 0. The molecule has 0 aliphatic rings. The minimum Gasteiger partial charge on any atom is -0.296 e. The molecule has 0 atom stereocenters. The minimum atomic E-state index is -0.255. The second-order valence-corrected chi connectivity index (χ2v) is 4.11. The van der Waals surface area contributed by atoms with Gasteiger partial charge >= 0.3 is 0 Å². The zero-order chi connectivity index (χ0) is 12.5. The van der Waals surface area contributed by atoms with Gasteiger partial charge in [0.2, 0.25) is 0 Å². The standard InChI is InChI=1S/C15H12FN2/c1-2-15-17-13-10-11(16)8-9-14(13)18(15)12-6-4-3-5-7-12/h3-4,6-10H,2H2,1H3. The van der Waals surface area contributed by atoms with Gasteiger partial charge in [0.15, 0.2) is 0 Å². The number of rotatable bonds is 2. The van der Waals surface area contributed by atoms with E-state index in [9.17, 15) is 4.39 Å². The lowest BCUT2D eigenvalue weighted by atomic mass is 10.2. The zero-order valence-corrected chi connectivity index (χ0v) is 10.0. The van der Waals surface area contributed by atoms with Gasteiger partial charge in [0.05, 0.1) is 11.0 Å². The molecule has 0 saturated carbocycles. The minimum absolute atomic E-state index is 0.255. The van der Waals surface area contributed by atoms with Gasteiger partial charge in [-0.1, -0.05) is 19.1 Å². The van der Waals surface area contributed by atoms with Gasteiger partial charge in [0.1, 0.15) is 11.6 Å². The molecular weight excluding hydrogens is 227 g/mol. The molecule has 0 aliphatic heterocycles. The van der Waals surface area contributed by atoms with E-state index in [-0.39, 0.29) is 5.82 Å². The van der Waals surface area contributed by atoms with Crippen molar-refractivity contribution in [1.82, 2.24) is 9.55 Å². The molecule has 2 aromatic carbocycles. The second kappa shape index (κ2) is 4.26. The number of fused-ring (bicyclic) bond motifs is 1. The maximum absolute atomic E-state index is 13.2. The fourth-order valence-corrected chi connectivity index (χ4v) is 2.15. The van der Waals surface area contributed by atoms with Gasteiger partial charge < -0.3 is 0 Å². The van der Waals surface area contributed by atoms with Crippen LogP contribution in [0, 0.1) is 11.9 Å². The molecular formula is C15H12FN2. The first-order valence-electron chi connectivity index (χ1n) is 5.93. The number of hydrogen-bond donors (Lipinski definition) is 0. The third-order valence-electron chi connectivity index (χ3n) is 2.95. The molecule has 3 rings (SSSR count). The molecule has 18 heavy (non-hydrogen) atoms. The Labute approximate surface area is 105 Å². The van der Waals surface area contributed by atoms with Gasteiger partial charge in [-0.3, -0.25) is 4.57 Å². The number of aromatic nitrogens is 2. The highest BCUT2D eigenvalue weighted by Crippen LogP contribution is 2.22. The molecule has 0 aliphatic carbocycles. The zero-order valence-electron chi connectivity index (χ0n) is 10.0. The lowest BCUT2D eigenvalue weighted by molar-refractivity contribution is 0.629. The monoisotopic (exact) mass is 239 g/mol. The van der Waals surface area contributed by atoms with E-state index >= 15 is 0 Å². The number of imidazole rings is 1. The Balaban J connectivity index is 2.33. The normalized spacial score (nSPS) is 11.0. The van der Waals surface area contributed by atoms with Gasteiger partial charge in [-0.25, -0.2) is 9.37 Å². The Morgan fingerprint density at radius 1 is 1.33 bits per heavy atom. The smallest absolute Gasteiger partial charge is 0.125 e. The van der Waals surface area contributed by atoms with E-state index in [4.69, 9.17) is 0 Å². The van der Waals surface area contributed by atoms with Gasteiger partial charge in [-0.15, -0.1) is 0 Å². The predicted octanol–water partition coefficient (Wildman–Crippen LogP) is 3.53. The topological polar surface area (TPSA) is 17.8 Å². The highest BCUT2D eigenvalue weighted by molar-refractivity contribution is 5.78. The van der Waals surface area contributed by atoms with E-state index in [2.05, 4.69) is 11.1 Å². The maximum Gasteiger partial charge on any atom is 0.125 e. The van der Waals surface area contributed by atoms with Crippen molar-refractivity contribution in [2.24, 2.45) is 0 Å². The molecule has 1 heterocycles. The SMILES string of the molecule is CCc1nc2cc(F)ccc2n1-c1c[c]ccc1. The van der Waals surface area contributed by atoms with Crippen LogP contribution in [0.4, 0.5) is 4.39 Å². The number of aryl methyl sites for hydroxylation is 1. The fourth-order valence-electron chi connectivity index (χ4n) is 2.15. The van der Waals surface area contributed by atoms with Crippen LogP contribution in [-0.4, -0.2) is 9.55 Å². The third kappa shape index (κ3) is 1.68. The van der Waals surface area contributed by atoms with Crippen molar-refractivity contribution in [3.63, 3.8) is 0 Å². The summed E-state index contributed by atoms with van der Waals surface area (Å²) in [6.45, 7) is 2.04. The second-order valence-electron chi connectivity index (χ2n) is 4.11. The Bertz CT molecular complexity index is 686. The molecule has 3 heteroatoms. The van der Waals surface area contributed by atoms with Gasteiger partial charge in [-0.05, 0) is 30.3 Å². The molecule has 0 unspecified atom stereocenters. The molecule has 89 valence electrons. The summed E-state index contributed by atoms with van der Waals surface area (Å²) in [6, 6.07) is 15.5. The molecule has 2 nitrogen and oxygen atoms in total. The molecule has 0 N–H and O–H groups in total. The summed E-state index contributed by atoms with van der Waals surface area (Å²) in [4.78, 5) is 4.48. The summed E-state index contributed by atoms with van der Waals surface area (Å²) in [6.07, 6.45) is 0.797. The van der Waals surface area contributed by atoms with Crippen LogP contribution in [0.15, 0.2) is 42.5 Å². The van der Waals surface area contributed by atoms with Crippen LogP contribution >= 0.6 is 0 Å². The Kier molecular flexibility index (Phi) is 2.59. The lowest BCUT2D eigenvalue weighted by Gasteiger charge is -2.07. The molecule has 0 saturated heterocycles. The number of halogens is 1. The van der Waals surface area contributed by atoms with Crippen molar-refractivity contribution in [2.75, 3.05) is 0 Å². The van der Waals surface area contributed by atoms with Crippen LogP contribution in [0.1, 0.15) is 12.7 Å². The van der Waals surface area contributed by atoms with E-state index < -0.39 is 0 Å². The molecule has 0 spiro atoms. The summed E-state index contributed by atoms with van der Waals surface area (Å²) in [5, 5.41) is 0. The van der Waals surface area contributed by atoms with E-state index in [1.54, 1.807) is 6.07 Å². The Morgan fingerprint density at radius 3 is 2.94 bits per heavy atom. The van der Waals surface area contributed by atoms with Crippen molar-refractivity contribution in [3.05, 3.63) is 60.2 Å². The van der Waals surface area contributed by atoms with Gasteiger partial charge in [-0.2, -0.15) is 0 Å². The number of benzene rings is 2. The molecule has 1 radical (unpaired) electrons. The van der Waals surface area contributed by atoms with E-state index in [1.807, 2.05) is 35.8 Å². The molecule has 1 aromatic heterocycles. The molecule has 3 aromatic rings. The largest absolute Gasteiger partial charge is 0.296 e. The summed E-state index contributed by atoms with van der Waals surface area (Å²) in [7, 11) is 0. The van der Waals surface area contributed by atoms with Crippen molar-refractivity contribution in [2.45, 2.75) is 13.3 Å². The number of hydrogen-bond acceptors (Lipinski definition) is 1. The van der Waals surface area contributed by atoms with E-state index in [0.717, 1.165) is 23.4 Å². The first-order chi connectivity index (χ1) is 8.79. The van der Waals surface area contributed by atoms with Crippen molar-refractivity contribution in [3.8, 4) is 5.69 Å². The predicted molar refractivity (Wildman–Crippen MR) is 69.2 cm³/mol.